The Labute approximate surface area is 124 Å². The lowest BCUT2D eigenvalue weighted by Crippen LogP contribution is -2.18. The van der Waals surface area contributed by atoms with Crippen LogP contribution in [0.5, 0.6) is 0 Å². The lowest BCUT2D eigenvalue weighted by molar-refractivity contribution is 0.100. The highest BCUT2D eigenvalue weighted by atomic mass is 16.1. The quantitative estimate of drug-likeness (QED) is 0.843. The lowest BCUT2D eigenvalue weighted by atomic mass is 10.1. The van der Waals surface area contributed by atoms with Crippen molar-refractivity contribution in [1.82, 2.24) is 9.97 Å². The molecule has 0 radical (unpaired) electrons. The Morgan fingerprint density at radius 1 is 1.29 bits per heavy atom. The average molecular weight is 285 g/mol. The van der Waals surface area contributed by atoms with Crippen LogP contribution in [0.2, 0.25) is 0 Å². The van der Waals surface area contributed by atoms with E-state index in [0.29, 0.717) is 18.1 Å². The molecule has 0 spiro atoms. The van der Waals surface area contributed by atoms with Crippen LogP contribution in [0.25, 0.3) is 0 Å². The predicted octanol–water partition coefficient (Wildman–Crippen LogP) is 1.64. The number of carbonyl (C=O) groups is 1. The topological polar surface area (TPSA) is 84.1 Å². The molecule has 110 valence electrons. The van der Waals surface area contributed by atoms with E-state index in [-0.39, 0.29) is 0 Å². The number of aromatic nitrogens is 2. The van der Waals surface area contributed by atoms with Crippen molar-refractivity contribution >= 4 is 17.7 Å². The van der Waals surface area contributed by atoms with Gasteiger partial charge in [0.1, 0.15) is 5.82 Å². The van der Waals surface area contributed by atoms with Crippen LogP contribution in [0, 0.1) is 0 Å². The molecule has 0 saturated heterocycles. The van der Waals surface area contributed by atoms with Crippen LogP contribution in [0.3, 0.4) is 0 Å². The number of carbonyl (C=O) groups excluding carboxylic acids is 1. The fourth-order valence-corrected chi connectivity index (χ4v) is 1.78. The van der Waals surface area contributed by atoms with Crippen molar-refractivity contribution in [2.24, 2.45) is 5.73 Å². The normalized spacial score (nSPS) is 10.2. The van der Waals surface area contributed by atoms with Crippen LogP contribution >= 0.6 is 0 Å². The molecular formula is C15H19N5O. The molecule has 1 amide bonds. The first kappa shape index (κ1) is 14.8. The third kappa shape index (κ3) is 3.92. The molecule has 0 fully saturated rings. The average Bonchev–Trinajstić information content (AvgIpc) is 2.52. The van der Waals surface area contributed by atoms with Crippen molar-refractivity contribution in [3.8, 4) is 0 Å². The number of nitrogens with one attached hydrogen (secondary N) is 1. The smallest absolute Gasteiger partial charge is 0.248 e. The second kappa shape index (κ2) is 6.69. The van der Waals surface area contributed by atoms with Crippen LogP contribution in [-0.2, 0) is 6.54 Å². The summed E-state index contributed by atoms with van der Waals surface area (Å²) in [5.74, 6) is 1.03. The molecule has 2 aromatic rings. The highest BCUT2D eigenvalue weighted by molar-refractivity contribution is 5.92. The second-order valence-electron chi connectivity index (χ2n) is 4.67. The van der Waals surface area contributed by atoms with Gasteiger partial charge in [-0.2, -0.15) is 4.98 Å². The minimum Gasteiger partial charge on any atom is -0.366 e. The molecule has 0 atom stereocenters. The molecule has 1 aromatic heterocycles. The van der Waals surface area contributed by atoms with E-state index in [2.05, 4.69) is 22.2 Å². The van der Waals surface area contributed by atoms with Gasteiger partial charge >= 0.3 is 0 Å². The molecule has 1 aromatic carbocycles. The summed E-state index contributed by atoms with van der Waals surface area (Å²) in [6.45, 7) is 3.53. The molecule has 0 bridgehead atoms. The Kier molecular flexibility index (Phi) is 4.71. The molecule has 0 aliphatic carbocycles. The highest BCUT2D eigenvalue weighted by Gasteiger charge is 2.03. The van der Waals surface area contributed by atoms with Gasteiger partial charge in [0.05, 0.1) is 0 Å². The fraction of sp³-hybridized carbons (Fsp3) is 0.267. The zero-order valence-corrected chi connectivity index (χ0v) is 12.2. The largest absolute Gasteiger partial charge is 0.366 e. The number of benzene rings is 1. The summed E-state index contributed by atoms with van der Waals surface area (Å²) < 4.78 is 0. The van der Waals surface area contributed by atoms with Gasteiger partial charge < -0.3 is 16.0 Å². The van der Waals surface area contributed by atoms with Crippen molar-refractivity contribution in [2.45, 2.75) is 13.5 Å². The fourth-order valence-electron chi connectivity index (χ4n) is 1.78. The third-order valence-corrected chi connectivity index (χ3v) is 3.20. The molecule has 6 heteroatoms. The standard InChI is InChI=1S/C15H19N5O/c1-3-20(2)13-8-9-17-15(19-13)18-10-11-4-6-12(7-5-11)14(16)21/h4-9H,3,10H2,1-2H3,(H2,16,21)(H,17,18,19). The van der Waals surface area contributed by atoms with Crippen LogP contribution in [-0.4, -0.2) is 29.5 Å². The van der Waals surface area contributed by atoms with Crippen molar-refractivity contribution in [3.63, 3.8) is 0 Å². The first-order valence-corrected chi connectivity index (χ1v) is 6.77. The SMILES string of the molecule is CCN(C)c1ccnc(NCc2ccc(C(N)=O)cc2)n1. The van der Waals surface area contributed by atoms with Crippen molar-refractivity contribution in [3.05, 3.63) is 47.7 Å². The molecule has 1 heterocycles. The minimum atomic E-state index is -0.423. The molecule has 6 nitrogen and oxygen atoms in total. The zero-order chi connectivity index (χ0) is 15.2. The van der Waals surface area contributed by atoms with Gasteiger partial charge in [-0.05, 0) is 30.7 Å². The van der Waals surface area contributed by atoms with E-state index in [9.17, 15) is 4.79 Å². The number of nitrogens with two attached hydrogens (primary N) is 1. The summed E-state index contributed by atoms with van der Waals surface area (Å²) >= 11 is 0. The maximum Gasteiger partial charge on any atom is 0.248 e. The second-order valence-corrected chi connectivity index (χ2v) is 4.67. The summed E-state index contributed by atoms with van der Waals surface area (Å²) in [5, 5.41) is 3.16. The minimum absolute atomic E-state index is 0.423. The number of hydrogen-bond acceptors (Lipinski definition) is 5. The van der Waals surface area contributed by atoms with E-state index in [4.69, 9.17) is 5.73 Å². The van der Waals surface area contributed by atoms with Crippen molar-refractivity contribution in [2.75, 3.05) is 23.8 Å². The lowest BCUT2D eigenvalue weighted by Gasteiger charge is -2.15. The van der Waals surface area contributed by atoms with Gasteiger partial charge in [0.2, 0.25) is 11.9 Å². The van der Waals surface area contributed by atoms with Gasteiger partial charge in [0.25, 0.3) is 0 Å². The van der Waals surface area contributed by atoms with Gasteiger partial charge in [-0.1, -0.05) is 12.1 Å². The maximum absolute atomic E-state index is 11.0. The molecular weight excluding hydrogens is 266 g/mol. The molecule has 2 rings (SSSR count). The number of primary amides is 1. The van der Waals surface area contributed by atoms with Crippen LogP contribution in [0.4, 0.5) is 11.8 Å². The van der Waals surface area contributed by atoms with Crippen molar-refractivity contribution in [1.29, 1.82) is 0 Å². The number of anilines is 2. The first-order valence-electron chi connectivity index (χ1n) is 6.77. The summed E-state index contributed by atoms with van der Waals surface area (Å²) in [4.78, 5) is 21.7. The molecule has 0 unspecified atom stereocenters. The van der Waals surface area contributed by atoms with Crippen LogP contribution < -0.4 is 16.0 Å². The van der Waals surface area contributed by atoms with Gasteiger partial charge in [0, 0.05) is 31.9 Å². The summed E-state index contributed by atoms with van der Waals surface area (Å²) in [6, 6.07) is 9.00. The number of rotatable bonds is 6. The molecule has 0 aliphatic heterocycles. The number of hydrogen-bond donors (Lipinski definition) is 2. The predicted molar refractivity (Wildman–Crippen MR) is 83.3 cm³/mol. The summed E-state index contributed by atoms with van der Waals surface area (Å²) in [5.41, 5.74) is 6.73. The van der Waals surface area contributed by atoms with Crippen LogP contribution in [0.15, 0.2) is 36.5 Å². The third-order valence-electron chi connectivity index (χ3n) is 3.20. The van der Waals surface area contributed by atoms with Gasteiger partial charge in [-0.15, -0.1) is 0 Å². The molecule has 21 heavy (non-hydrogen) atoms. The number of amides is 1. The van der Waals surface area contributed by atoms with E-state index in [1.54, 1.807) is 18.3 Å². The van der Waals surface area contributed by atoms with E-state index in [0.717, 1.165) is 17.9 Å². The van der Waals surface area contributed by atoms with Crippen LogP contribution in [0.1, 0.15) is 22.8 Å². The molecule has 3 N–H and O–H groups in total. The monoisotopic (exact) mass is 285 g/mol. The van der Waals surface area contributed by atoms with Gasteiger partial charge in [-0.3, -0.25) is 4.79 Å². The van der Waals surface area contributed by atoms with E-state index < -0.39 is 5.91 Å². The zero-order valence-electron chi connectivity index (χ0n) is 12.2. The van der Waals surface area contributed by atoms with Gasteiger partial charge in [-0.25, -0.2) is 4.98 Å². The Balaban J connectivity index is 2.01. The first-order chi connectivity index (χ1) is 10.1. The maximum atomic E-state index is 11.0. The Hall–Kier alpha value is -2.63. The number of nitrogens with zero attached hydrogens (tertiary/aromatic N) is 3. The summed E-state index contributed by atoms with van der Waals surface area (Å²) in [6.07, 6.45) is 1.73. The Bertz CT molecular complexity index is 612. The summed E-state index contributed by atoms with van der Waals surface area (Å²) in [7, 11) is 1.98. The van der Waals surface area contributed by atoms with E-state index >= 15 is 0 Å². The Morgan fingerprint density at radius 2 is 2.00 bits per heavy atom. The van der Waals surface area contributed by atoms with Crippen molar-refractivity contribution < 1.29 is 4.79 Å². The van der Waals surface area contributed by atoms with E-state index in [1.807, 2.05) is 30.1 Å². The highest BCUT2D eigenvalue weighted by Crippen LogP contribution is 2.11. The molecule has 0 aliphatic rings. The molecule has 0 saturated carbocycles. The Morgan fingerprint density at radius 3 is 2.62 bits per heavy atom. The van der Waals surface area contributed by atoms with Gasteiger partial charge in [0.15, 0.2) is 0 Å². The van der Waals surface area contributed by atoms with E-state index in [1.165, 1.54) is 0 Å².